The topological polar surface area (TPSA) is 0 Å². The van der Waals surface area contributed by atoms with Gasteiger partial charge in [-0.15, -0.1) is 0 Å². The van der Waals surface area contributed by atoms with E-state index >= 15 is 0 Å². The molecular formula is C18H28P. The maximum absolute atomic E-state index is 2.52. The first-order valence-corrected chi connectivity index (χ1v) is 10.4. The van der Waals surface area contributed by atoms with Crippen LogP contribution >= 0.6 is 7.26 Å². The Morgan fingerprint density at radius 3 is 2.37 bits per heavy atom. The molecule has 0 amide bonds. The molecule has 0 spiro atoms. The molecule has 1 aromatic carbocycles. The zero-order valence-corrected chi connectivity index (χ0v) is 13.5. The van der Waals surface area contributed by atoms with E-state index in [4.69, 9.17) is 0 Å². The van der Waals surface area contributed by atoms with Gasteiger partial charge in [-0.3, -0.25) is 0 Å². The van der Waals surface area contributed by atoms with Gasteiger partial charge in [0.2, 0.25) is 0 Å². The lowest BCUT2D eigenvalue weighted by Crippen LogP contribution is -2.10. The zero-order valence-electron chi connectivity index (χ0n) is 12.6. The number of benzene rings is 1. The summed E-state index contributed by atoms with van der Waals surface area (Å²) in [6.07, 6.45) is 13.7. The average Bonchev–Trinajstić information content (AvgIpc) is 2.77. The smallest absolute Gasteiger partial charge is 0.0175 e. The van der Waals surface area contributed by atoms with E-state index < -0.39 is 7.26 Å². The molecule has 1 radical (unpaired) electrons. The predicted octanol–water partition coefficient (Wildman–Crippen LogP) is 5.69. The van der Waals surface area contributed by atoms with Gasteiger partial charge in [0.1, 0.15) is 0 Å². The highest BCUT2D eigenvalue weighted by Crippen LogP contribution is 2.60. The molecule has 1 aliphatic rings. The van der Waals surface area contributed by atoms with Crippen LogP contribution in [-0.2, 0) is 0 Å². The summed E-state index contributed by atoms with van der Waals surface area (Å²) in [7, 11) is -0.952. The lowest BCUT2D eigenvalue weighted by atomic mass is 10.1. The van der Waals surface area contributed by atoms with Crippen molar-refractivity contribution in [3.05, 3.63) is 35.6 Å². The molecule has 105 valence electrons. The largest absolute Gasteiger partial charge is 0.0796 e. The molecule has 0 aromatic heterocycles. The summed E-state index contributed by atoms with van der Waals surface area (Å²) < 4.78 is 0. The fraction of sp³-hybridized carbons (Fsp3) is 0.556. The second kappa shape index (κ2) is 7.25. The lowest BCUT2D eigenvalue weighted by molar-refractivity contribution is 0.603. The third kappa shape index (κ3) is 3.93. The van der Waals surface area contributed by atoms with Gasteiger partial charge >= 0.3 is 0 Å². The fourth-order valence-corrected chi connectivity index (χ4v) is 6.10. The van der Waals surface area contributed by atoms with Gasteiger partial charge < -0.3 is 0 Å². The normalized spacial score (nSPS) is 20.7. The first kappa shape index (κ1) is 14.8. The van der Waals surface area contributed by atoms with E-state index in [9.17, 15) is 0 Å². The van der Waals surface area contributed by atoms with Crippen molar-refractivity contribution in [3.8, 4) is 0 Å². The van der Waals surface area contributed by atoms with Crippen LogP contribution in [0.15, 0.2) is 30.1 Å². The Hall–Kier alpha value is -0.610. The number of rotatable bonds is 8. The van der Waals surface area contributed by atoms with Crippen molar-refractivity contribution < 1.29 is 0 Å². The monoisotopic (exact) mass is 275 g/mol. The number of fused-ring (bicyclic) bond motifs is 1. The van der Waals surface area contributed by atoms with Crippen LogP contribution in [0.1, 0.15) is 57.4 Å². The van der Waals surface area contributed by atoms with E-state index in [2.05, 4.69) is 49.7 Å². The third-order valence-electron chi connectivity index (χ3n) is 4.30. The summed E-state index contributed by atoms with van der Waals surface area (Å²) in [6, 6.07) is 8.98. The summed E-state index contributed by atoms with van der Waals surface area (Å²) in [6.45, 7) is 4.79. The molecule has 1 aliphatic heterocycles. The lowest BCUT2D eigenvalue weighted by Gasteiger charge is -2.26. The minimum Gasteiger partial charge on any atom is -0.0796 e. The molecule has 1 heteroatoms. The molecule has 0 saturated heterocycles. The average molecular weight is 275 g/mol. The third-order valence-corrected chi connectivity index (χ3v) is 7.86. The molecule has 1 heterocycles. The first-order valence-electron chi connectivity index (χ1n) is 7.90. The highest BCUT2D eigenvalue weighted by Gasteiger charge is 2.26. The first-order chi connectivity index (χ1) is 9.26. The van der Waals surface area contributed by atoms with Crippen LogP contribution in [0.4, 0.5) is 0 Å². The van der Waals surface area contributed by atoms with Crippen LogP contribution in [0.2, 0.25) is 0 Å². The van der Waals surface area contributed by atoms with Crippen molar-refractivity contribution in [2.75, 3.05) is 12.8 Å². The zero-order chi connectivity index (χ0) is 13.6. The van der Waals surface area contributed by atoms with E-state index in [1.54, 1.807) is 5.30 Å². The van der Waals surface area contributed by atoms with Crippen LogP contribution in [0.5, 0.6) is 0 Å². The summed E-state index contributed by atoms with van der Waals surface area (Å²) in [5, 5.41) is 1.64. The maximum Gasteiger partial charge on any atom is -0.0175 e. The molecule has 1 aromatic rings. The second-order valence-corrected chi connectivity index (χ2v) is 9.75. The molecule has 1 atom stereocenters. The van der Waals surface area contributed by atoms with Crippen molar-refractivity contribution in [2.45, 2.75) is 51.9 Å². The van der Waals surface area contributed by atoms with Gasteiger partial charge in [-0.2, -0.15) is 0 Å². The van der Waals surface area contributed by atoms with Crippen molar-refractivity contribution in [1.82, 2.24) is 0 Å². The molecule has 1 unspecified atom stereocenters. The summed E-state index contributed by atoms with van der Waals surface area (Å²) >= 11 is 0. The molecule has 0 aliphatic carbocycles. The van der Waals surface area contributed by atoms with E-state index in [0.29, 0.717) is 0 Å². The van der Waals surface area contributed by atoms with Gasteiger partial charge in [0, 0.05) is 0 Å². The van der Waals surface area contributed by atoms with Crippen molar-refractivity contribution in [2.24, 2.45) is 0 Å². The Balaban J connectivity index is 1.73. The molecular weight excluding hydrogens is 247 g/mol. The Morgan fingerprint density at radius 1 is 0.895 bits per heavy atom. The predicted molar refractivity (Wildman–Crippen MR) is 90.8 cm³/mol. The quantitative estimate of drug-likeness (QED) is 0.422. The van der Waals surface area contributed by atoms with Crippen LogP contribution in [0, 0.1) is 0 Å². The van der Waals surface area contributed by atoms with Crippen LogP contribution < -0.4 is 5.30 Å². The van der Waals surface area contributed by atoms with Gasteiger partial charge in [-0.05, 0) is 30.1 Å². The van der Waals surface area contributed by atoms with E-state index in [1.807, 2.05) is 0 Å². The fourth-order valence-electron chi connectivity index (χ4n) is 3.01. The van der Waals surface area contributed by atoms with Crippen LogP contribution in [0.3, 0.4) is 0 Å². The summed E-state index contributed by atoms with van der Waals surface area (Å²) in [4.78, 5) is 0. The summed E-state index contributed by atoms with van der Waals surface area (Å²) in [5.41, 5.74) is 1.47. The number of unbranched alkanes of at least 4 members (excludes halogenated alkanes) is 6. The minimum absolute atomic E-state index is 0.952. The minimum atomic E-state index is -0.952. The van der Waals surface area contributed by atoms with Gasteiger partial charge in [0.15, 0.2) is 0 Å². The van der Waals surface area contributed by atoms with E-state index in [-0.39, 0.29) is 0 Å². The Kier molecular flexibility index (Phi) is 5.64. The number of hydrogen-bond donors (Lipinski definition) is 0. The van der Waals surface area contributed by atoms with Gasteiger partial charge in [0.05, 0.1) is 0 Å². The maximum atomic E-state index is 2.52. The standard InChI is InChI=1S/C18H28P/c1-3-4-5-6-7-8-11-15-19(2)16-14-17-12-9-10-13-18(17)19/h9-10,12-14,16H,3-8,11,15H2,1-2H3. The SMILES string of the molecule is CCCCCCCCC[P]1(C)C=Cc2ccccc21. The highest BCUT2D eigenvalue weighted by molar-refractivity contribution is 7.85. The highest BCUT2D eigenvalue weighted by atomic mass is 31.2. The molecule has 19 heavy (non-hydrogen) atoms. The van der Waals surface area contributed by atoms with Crippen molar-refractivity contribution in [1.29, 1.82) is 0 Å². The summed E-state index contributed by atoms with van der Waals surface area (Å²) in [5.74, 6) is 2.52. The van der Waals surface area contributed by atoms with Crippen molar-refractivity contribution in [3.63, 3.8) is 0 Å². The van der Waals surface area contributed by atoms with Crippen molar-refractivity contribution >= 4 is 18.6 Å². The molecule has 0 nitrogen and oxygen atoms in total. The van der Waals surface area contributed by atoms with Gasteiger partial charge in [-0.25, -0.2) is 0 Å². The molecule has 0 N–H and O–H groups in total. The molecule has 0 saturated carbocycles. The number of hydrogen-bond acceptors (Lipinski definition) is 0. The van der Waals surface area contributed by atoms with Crippen LogP contribution in [0.25, 0.3) is 6.08 Å². The van der Waals surface area contributed by atoms with Gasteiger partial charge in [0.25, 0.3) is 0 Å². The molecule has 0 fully saturated rings. The Bertz CT molecular complexity index is 421. The van der Waals surface area contributed by atoms with Crippen LogP contribution in [-0.4, -0.2) is 12.8 Å². The van der Waals surface area contributed by atoms with Gasteiger partial charge in [-0.1, -0.05) is 88.9 Å². The molecule has 0 bridgehead atoms. The molecule has 2 rings (SSSR count). The Labute approximate surface area is 119 Å². The second-order valence-electron chi connectivity index (χ2n) is 5.99. The van der Waals surface area contributed by atoms with E-state index in [0.717, 1.165) is 0 Å². The van der Waals surface area contributed by atoms with E-state index in [1.165, 1.54) is 56.7 Å². The Morgan fingerprint density at radius 2 is 1.58 bits per heavy atom.